The molecule has 0 radical (unpaired) electrons. The summed E-state index contributed by atoms with van der Waals surface area (Å²) in [5, 5.41) is 2.72. The molecular weight excluding hydrogens is 324 g/mol. The number of hydrogen-bond acceptors (Lipinski definition) is 4. The van der Waals surface area contributed by atoms with Crippen molar-refractivity contribution in [1.29, 1.82) is 0 Å². The highest BCUT2D eigenvalue weighted by molar-refractivity contribution is 8.93. The average molecular weight is 345 g/mol. The Morgan fingerprint density at radius 1 is 1.26 bits per heavy atom. The first kappa shape index (κ1) is 17.9. The smallest absolute Gasteiger partial charge is 0.180 e. The summed E-state index contributed by atoms with van der Waals surface area (Å²) in [6.45, 7) is 2.18. The van der Waals surface area contributed by atoms with Gasteiger partial charge in [-0.3, -0.25) is 0 Å². The number of aryl methyl sites for hydroxylation is 1. The third kappa shape index (κ3) is 7.85. The lowest BCUT2D eigenvalue weighted by Crippen LogP contribution is -1.86. The van der Waals surface area contributed by atoms with E-state index in [-0.39, 0.29) is 17.0 Å². The molecule has 0 spiro atoms. The number of nitrogens with two attached hydrogens (primary N) is 1. The second-order valence-electron chi connectivity index (χ2n) is 3.80. The molecule has 2 aromatic rings. The van der Waals surface area contributed by atoms with E-state index in [0.717, 1.165) is 17.9 Å². The van der Waals surface area contributed by atoms with Crippen LogP contribution < -0.4 is 10.5 Å². The van der Waals surface area contributed by atoms with Gasteiger partial charge in [0.05, 0.1) is 12.8 Å². The van der Waals surface area contributed by atoms with E-state index in [4.69, 9.17) is 10.5 Å². The van der Waals surface area contributed by atoms with Gasteiger partial charge >= 0.3 is 0 Å². The summed E-state index contributed by atoms with van der Waals surface area (Å²) in [5.74, 6) is 0.910. The minimum Gasteiger partial charge on any atom is -0.497 e. The van der Waals surface area contributed by atoms with Gasteiger partial charge in [-0.1, -0.05) is 31.5 Å². The van der Waals surface area contributed by atoms with Gasteiger partial charge in [0, 0.05) is 5.38 Å². The van der Waals surface area contributed by atoms with E-state index in [9.17, 15) is 0 Å². The number of aromatic nitrogens is 1. The zero-order valence-electron chi connectivity index (χ0n) is 11.3. The lowest BCUT2D eigenvalue weighted by Gasteiger charge is -1.93. The second kappa shape index (κ2) is 10.8. The number of unbranched alkanes of at least 4 members (excludes halogenated alkanes) is 1. The SMILES string of the molecule is Br.CCCCc1csc(N)n1.COc1ccccc1. The fraction of sp³-hybridized carbons (Fsp3) is 0.357. The summed E-state index contributed by atoms with van der Waals surface area (Å²) in [5.41, 5.74) is 6.60. The van der Waals surface area contributed by atoms with E-state index < -0.39 is 0 Å². The molecule has 1 heterocycles. The first-order chi connectivity index (χ1) is 8.76. The Morgan fingerprint density at radius 3 is 2.37 bits per heavy atom. The quantitative estimate of drug-likeness (QED) is 0.897. The van der Waals surface area contributed by atoms with Crippen molar-refractivity contribution in [2.75, 3.05) is 12.8 Å². The Balaban J connectivity index is 0.000000331. The number of ether oxygens (including phenoxy) is 1. The fourth-order valence-corrected chi connectivity index (χ4v) is 1.95. The summed E-state index contributed by atoms with van der Waals surface area (Å²) < 4.78 is 4.91. The molecule has 0 saturated heterocycles. The van der Waals surface area contributed by atoms with Gasteiger partial charge in [-0.05, 0) is 25.0 Å². The minimum absolute atomic E-state index is 0. The third-order valence-corrected chi connectivity index (χ3v) is 3.06. The zero-order valence-corrected chi connectivity index (χ0v) is 13.9. The molecule has 0 saturated carbocycles. The highest BCUT2D eigenvalue weighted by atomic mass is 79.9. The van der Waals surface area contributed by atoms with Crippen molar-refractivity contribution in [3.8, 4) is 5.75 Å². The van der Waals surface area contributed by atoms with Gasteiger partial charge in [0.1, 0.15) is 5.75 Å². The Hall–Kier alpha value is -1.07. The number of anilines is 1. The number of nitrogen functional groups attached to an aromatic ring is 1. The molecule has 0 atom stereocenters. The van der Waals surface area contributed by atoms with E-state index in [1.165, 1.54) is 24.2 Å². The topological polar surface area (TPSA) is 48.1 Å². The molecule has 0 bridgehead atoms. The summed E-state index contributed by atoms with van der Waals surface area (Å²) >= 11 is 1.52. The minimum atomic E-state index is 0. The molecule has 0 aliphatic carbocycles. The van der Waals surface area contributed by atoms with Crippen LogP contribution in [0.2, 0.25) is 0 Å². The molecule has 0 aliphatic heterocycles. The number of nitrogens with zero attached hydrogens (tertiary/aromatic N) is 1. The van der Waals surface area contributed by atoms with E-state index >= 15 is 0 Å². The van der Waals surface area contributed by atoms with Gasteiger partial charge < -0.3 is 10.5 Å². The molecule has 0 unspecified atom stereocenters. The monoisotopic (exact) mass is 344 g/mol. The van der Waals surface area contributed by atoms with Crippen molar-refractivity contribution in [3.05, 3.63) is 41.4 Å². The normalized spacial score (nSPS) is 8.95. The van der Waals surface area contributed by atoms with Crippen LogP contribution in [0.15, 0.2) is 35.7 Å². The van der Waals surface area contributed by atoms with Crippen LogP contribution in [0.3, 0.4) is 0 Å². The van der Waals surface area contributed by atoms with Crippen molar-refractivity contribution < 1.29 is 4.74 Å². The van der Waals surface area contributed by atoms with Crippen LogP contribution in [0.5, 0.6) is 5.75 Å². The van der Waals surface area contributed by atoms with Gasteiger partial charge in [-0.15, -0.1) is 28.3 Å². The maximum Gasteiger partial charge on any atom is 0.180 e. The van der Waals surface area contributed by atoms with E-state index in [0.29, 0.717) is 5.13 Å². The molecule has 3 nitrogen and oxygen atoms in total. The lowest BCUT2D eigenvalue weighted by atomic mass is 10.2. The number of para-hydroxylation sites is 1. The van der Waals surface area contributed by atoms with Gasteiger partial charge in [-0.2, -0.15) is 0 Å². The third-order valence-electron chi connectivity index (χ3n) is 2.33. The molecule has 5 heteroatoms. The number of benzene rings is 1. The Morgan fingerprint density at radius 2 is 1.95 bits per heavy atom. The molecule has 0 amide bonds. The average Bonchev–Trinajstić information content (AvgIpc) is 2.84. The highest BCUT2D eigenvalue weighted by Gasteiger charge is 1.95. The zero-order chi connectivity index (χ0) is 13.2. The predicted molar refractivity (Wildman–Crippen MR) is 88.5 cm³/mol. The van der Waals surface area contributed by atoms with Crippen molar-refractivity contribution >= 4 is 33.4 Å². The lowest BCUT2D eigenvalue weighted by molar-refractivity contribution is 0.415. The van der Waals surface area contributed by atoms with Crippen molar-refractivity contribution in [1.82, 2.24) is 4.98 Å². The number of rotatable bonds is 4. The maximum atomic E-state index is 5.46. The van der Waals surface area contributed by atoms with Crippen LogP contribution in [0, 0.1) is 0 Å². The number of methoxy groups -OCH3 is 1. The molecule has 1 aromatic heterocycles. The van der Waals surface area contributed by atoms with Crippen molar-refractivity contribution in [3.63, 3.8) is 0 Å². The van der Waals surface area contributed by atoms with Crippen LogP contribution in [0.4, 0.5) is 5.13 Å². The fourth-order valence-electron chi connectivity index (χ4n) is 1.35. The summed E-state index contributed by atoms with van der Waals surface area (Å²) in [7, 11) is 1.66. The summed E-state index contributed by atoms with van der Waals surface area (Å²) in [6.07, 6.45) is 3.50. The number of halogens is 1. The van der Waals surface area contributed by atoms with Gasteiger partial charge in [0.25, 0.3) is 0 Å². The highest BCUT2D eigenvalue weighted by Crippen LogP contribution is 2.12. The Labute approximate surface area is 129 Å². The molecule has 0 aliphatic rings. The van der Waals surface area contributed by atoms with E-state index in [1.807, 2.05) is 35.7 Å². The molecule has 2 N–H and O–H groups in total. The second-order valence-corrected chi connectivity index (χ2v) is 4.69. The Bertz CT molecular complexity index is 434. The van der Waals surface area contributed by atoms with Gasteiger partial charge in [-0.25, -0.2) is 4.98 Å². The molecule has 2 rings (SSSR count). The van der Waals surface area contributed by atoms with Gasteiger partial charge in [0.15, 0.2) is 5.13 Å². The molecule has 19 heavy (non-hydrogen) atoms. The van der Waals surface area contributed by atoms with E-state index in [2.05, 4.69) is 11.9 Å². The van der Waals surface area contributed by atoms with Crippen LogP contribution in [0.25, 0.3) is 0 Å². The van der Waals surface area contributed by atoms with Crippen LogP contribution in [0.1, 0.15) is 25.5 Å². The van der Waals surface area contributed by atoms with Crippen LogP contribution in [-0.4, -0.2) is 12.1 Å². The maximum absolute atomic E-state index is 5.46. The molecule has 1 aromatic carbocycles. The largest absolute Gasteiger partial charge is 0.497 e. The number of thiazole rings is 1. The first-order valence-electron chi connectivity index (χ1n) is 6.05. The Kier molecular flexibility index (Phi) is 10.2. The number of hydrogen-bond donors (Lipinski definition) is 1. The molecule has 106 valence electrons. The summed E-state index contributed by atoms with van der Waals surface area (Å²) in [4.78, 5) is 4.14. The first-order valence-corrected chi connectivity index (χ1v) is 6.93. The van der Waals surface area contributed by atoms with Crippen LogP contribution >= 0.6 is 28.3 Å². The van der Waals surface area contributed by atoms with Crippen molar-refractivity contribution in [2.45, 2.75) is 26.2 Å². The molecular formula is C14H21BrN2OS. The summed E-state index contributed by atoms with van der Waals surface area (Å²) in [6, 6.07) is 9.68. The van der Waals surface area contributed by atoms with Crippen molar-refractivity contribution in [2.24, 2.45) is 0 Å². The van der Waals surface area contributed by atoms with Gasteiger partial charge in [0.2, 0.25) is 0 Å². The predicted octanol–water partition coefficient (Wildman–Crippen LogP) is 4.34. The molecule has 0 fully saturated rings. The van der Waals surface area contributed by atoms with E-state index in [1.54, 1.807) is 7.11 Å². The standard InChI is InChI=1S/C7H12N2S.C7H8O.BrH/c1-2-3-4-6-5-10-7(8)9-6;1-8-7-5-3-2-4-6-7;/h5H,2-4H2,1H3,(H2,8,9);2-6H,1H3;1H. The van der Waals surface area contributed by atoms with Crippen LogP contribution in [-0.2, 0) is 6.42 Å².